The van der Waals surface area contributed by atoms with Crippen molar-refractivity contribution in [3.05, 3.63) is 34.3 Å². The van der Waals surface area contributed by atoms with Gasteiger partial charge in [0.15, 0.2) is 0 Å². The Morgan fingerprint density at radius 2 is 2.00 bits per heavy atom. The van der Waals surface area contributed by atoms with Crippen LogP contribution >= 0.6 is 15.9 Å². The van der Waals surface area contributed by atoms with Crippen LogP contribution in [-0.4, -0.2) is 12.6 Å². The molecule has 0 spiro atoms. The molecule has 0 fully saturated rings. The number of carbonyl (C=O) groups is 1. The first-order valence-electron chi connectivity index (χ1n) is 4.79. The zero-order chi connectivity index (χ0) is 12.9. The van der Waals surface area contributed by atoms with Gasteiger partial charge in [0.05, 0.1) is 6.61 Å². The summed E-state index contributed by atoms with van der Waals surface area (Å²) < 4.78 is 32.1. The maximum absolute atomic E-state index is 13.5. The molecule has 0 radical (unpaired) electrons. The molecule has 0 atom stereocenters. The Balaban J connectivity index is 2.87. The molecular formula is C12H9BrF2O2. The van der Waals surface area contributed by atoms with Gasteiger partial charge in [-0.15, -0.1) is 0 Å². The summed E-state index contributed by atoms with van der Waals surface area (Å²) in [7, 11) is 0. The highest BCUT2D eigenvalue weighted by atomic mass is 79.9. The molecule has 2 nitrogen and oxygen atoms in total. The van der Waals surface area contributed by atoms with Gasteiger partial charge in [0.2, 0.25) is 0 Å². The number of esters is 1. The highest BCUT2D eigenvalue weighted by Gasteiger charge is 2.28. The molecule has 0 saturated carbocycles. The number of hydrogen-bond acceptors (Lipinski definition) is 2. The third kappa shape index (κ3) is 4.16. The molecule has 90 valence electrons. The van der Waals surface area contributed by atoms with Crippen LogP contribution in [0.3, 0.4) is 0 Å². The fourth-order valence-electron chi connectivity index (χ4n) is 1.03. The highest BCUT2D eigenvalue weighted by Crippen LogP contribution is 2.27. The van der Waals surface area contributed by atoms with E-state index in [1.165, 1.54) is 24.3 Å². The summed E-state index contributed by atoms with van der Waals surface area (Å²) in [5.74, 6) is -0.952. The van der Waals surface area contributed by atoms with Crippen LogP contribution < -0.4 is 0 Å². The summed E-state index contributed by atoms with van der Waals surface area (Å²) >= 11 is 3.14. The maximum Gasteiger partial charge on any atom is 0.384 e. The molecule has 17 heavy (non-hydrogen) atoms. The standard InChI is InChI=1S/C12H9BrF2O2/c1-2-17-11(16)7-8-12(14,15)9-3-5-10(13)6-4-9/h3-6H,2H2,1H3. The first-order chi connectivity index (χ1) is 7.95. The lowest BCUT2D eigenvalue weighted by atomic mass is 10.1. The molecule has 5 heteroatoms. The lowest BCUT2D eigenvalue weighted by Crippen LogP contribution is -2.11. The molecule has 1 rings (SSSR count). The topological polar surface area (TPSA) is 26.3 Å². The van der Waals surface area contributed by atoms with Crippen molar-refractivity contribution < 1.29 is 18.3 Å². The van der Waals surface area contributed by atoms with Gasteiger partial charge in [-0.1, -0.05) is 28.1 Å². The van der Waals surface area contributed by atoms with Crippen molar-refractivity contribution in [2.75, 3.05) is 6.61 Å². The van der Waals surface area contributed by atoms with Crippen molar-refractivity contribution in [2.24, 2.45) is 0 Å². The van der Waals surface area contributed by atoms with E-state index in [1.54, 1.807) is 18.8 Å². The highest BCUT2D eigenvalue weighted by molar-refractivity contribution is 9.10. The molecule has 0 bridgehead atoms. The summed E-state index contributed by atoms with van der Waals surface area (Å²) in [4.78, 5) is 10.8. The lowest BCUT2D eigenvalue weighted by Gasteiger charge is -2.09. The van der Waals surface area contributed by atoms with Crippen LogP contribution in [0.2, 0.25) is 0 Å². The number of ether oxygens (including phenoxy) is 1. The second-order valence-electron chi connectivity index (χ2n) is 3.05. The number of rotatable bonds is 2. The predicted molar refractivity (Wildman–Crippen MR) is 62.4 cm³/mol. The van der Waals surface area contributed by atoms with Crippen LogP contribution in [0, 0.1) is 11.8 Å². The van der Waals surface area contributed by atoms with Gasteiger partial charge in [0.1, 0.15) is 0 Å². The molecule has 1 aromatic rings. The summed E-state index contributed by atoms with van der Waals surface area (Å²) in [5, 5.41) is 0. The van der Waals surface area contributed by atoms with Crippen LogP contribution in [0.25, 0.3) is 0 Å². The second kappa shape index (κ2) is 5.78. The molecule has 0 amide bonds. The van der Waals surface area contributed by atoms with E-state index in [2.05, 4.69) is 20.7 Å². The SMILES string of the molecule is CCOC(=O)C#CC(F)(F)c1ccc(Br)cc1. The summed E-state index contributed by atoms with van der Waals surface area (Å²) in [6.45, 7) is 1.68. The molecular weight excluding hydrogens is 294 g/mol. The molecule has 0 aliphatic rings. The van der Waals surface area contributed by atoms with Gasteiger partial charge in [0, 0.05) is 16.0 Å². The zero-order valence-electron chi connectivity index (χ0n) is 8.97. The van der Waals surface area contributed by atoms with Crippen LogP contribution in [-0.2, 0) is 15.5 Å². The third-order valence-electron chi connectivity index (χ3n) is 1.80. The number of benzene rings is 1. The summed E-state index contributed by atoms with van der Waals surface area (Å²) in [5.41, 5.74) is -0.266. The van der Waals surface area contributed by atoms with E-state index in [9.17, 15) is 13.6 Å². The molecule has 1 aromatic carbocycles. The Bertz CT molecular complexity index is 458. The Morgan fingerprint density at radius 1 is 1.41 bits per heavy atom. The normalized spacial score (nSPS) is 10.4. The van der Waals surface area contributed by atoms with E-state index in [0.717, 1.165) is 0 Å². The number of halogens is 3. The van der Waals surface area contributed by atoms with Crippen molar-refractivity contribution in [1.29, 1.82) is 0 Å². The molecule has 0 N–H and O–H groups in total. The van der Waals surface area contributed by atoms with Gasteiger partial charge >= 0.3 is 11.9 Å². The average Bonchev–Trinajstić information content (AvgIpc) is 2.28. The van der Waals surface area contributed by atoms with Crippen LogP contribution in [0.15, 0.2) is 28.7 Å². The molecule has 0 aromatic heterocycles. The van der Waals surface area contributed by atoms with Crippen molar-refractivity contribution in [3.8, 4) is 11.8 Å². The second-order valence-corrected chi connectivity index (χ2v) is 3.97. The molecule has 0 heterocycles. The van der Waals surface area contributed by atoms with Gasteiger partial charge < -0.3 is 4.74 Å². The monoisotopic (exact) mass is 302 g/mol. The Kier molecular flexibility index (Phi) is 4.64. The van der Waals surface area contributed by atoms with Crippen LogP contribution in [0.1, 0.15) is 12.5 Å². The van der Waals surface area contributed by atoms with Gasteiger partial charge in [-0.25, -0.2) is 4.79 Å². The quantitative estimate of drug-likeness (QED) is 0.477. The minimum absolute atomic E-state index is 0.109. The minimum atomic E-state index is -3.37. The van der Waals surface area contributed by atoms with Crippen molar-refractivity contribution in [3.63, 3.8) is 0 Å². The Labute approximate surface area is 106 Å². The van der Waals surface area contributed by atoms with E-state index in [4.69, 9.17) is 0 Å². The minimum Gasteiger partial charge on any atom is -0.456 e. The smallest absolute Gasteiger partial charge is 0.384 e. The third-order valence-corrected chi connectivity index (χ3v) is 2.33. The zero-order valence-corrected chi connectivity index (χ0v) is 10.6. The first kappa shape index (κ1) is 13.7. The van der Waals surface area contributed by atoms with E-state index < -0.39 is 11.9 Å². The average molecular weight is 303 g/mol. The van der Waals surface area contributed by atoms with Gasteiger partial charge in [-0.2, -0.15) is 8.78 Å². The van der Waals surface area contributed by atoms with Crippen molar-refractivity contribution in [2.45, 2.75) is 12.8 Å². The van der Waals surface area contributed by atoms with Gasteiger partial charge in [-0.05, 0) is 25.0 Å². The Morgan fingerprint density at radius 3 is 2.53 bits per heavy atom. The van der Waals surface area contributed by atoms with Gasteiger partial charge in [0.25, 0.3) is 0 Å². The van der Waals surface area contributed by atoms with Crippen molar-refractivity contribution in [1.82, 2.24) is 0 Å². The lowest BCUT2D eigenvalue weighted by molar-refractivity contribution is -0.136. The maximum atomic E-state index is 13.5. The molecule has 0 aliphatic heterocycles. The predicted octanol–water partition coefficient (Wildman–Crippen LogP) is 3.11. The van der Waals surface area contributed by atoms with Crippen molar-refractivity contribution >= 4 is 21.9 Å². The Hall–Kier alpha value is -1.41. The number of hydrogen-bond donors (Lipinski definition) is 0. The summed E-state index contributed by atoms with van der Waals surface area (Å²) in [6.07, 6.45) is 0. The van der Waals surface area contributed by atoms with Crippen LogP contribution in [0.4, 0.5) is 8.78 Å². The fraction of sp³-hybridized carbons (Fsp3) is 0.250. The number of carbonyl (C=O) groups excluding carboxylic acids is 1. The van der Waals surface area contributed by atoms with Crippen LogP contribution in [0.5, 0.6) is 0 Å². The summed E-state index contributed by atoms with van der Waals surface area (Å²) in [6, 6.07) is 5.44. The van der Waals surface area contributed by atoms with Gasteiger partial charge in [-0.3, -0.25) is 0 Å². The van der Waals surface area contributed by atoms with E-state index >= 15 is 0 Å². The molecule has 0 aliphatic carbocycles. The first-order valence-corrected chi connectivity index (χ1v) is 5.59. The largest absolute Gasteiger partial charge is 0.456 e. The number of alkyl halides is 2. The van der Waals surface area contributed by atoms with E-state index in [0.29, 0.717) is 4.47 Å². The fourth-order valence-corrected chi connectivity index (χ4v) is 1.29. The van der Waals surface area contributed by atoms with E-state index in [-0.39, 0.29) is 12.2 Å². The molecule has 0 saturated heterocycles. The molecule has 0 unspecified atom stereocenters. The van der Waals surface area contributed by atoms with E-state index in [1.807, 2.05) is 0 Å².